The molecule has 0 radical (unpaired) electrons. The van der Waals surface area contributed by atoms with Crippen molar-refractivity contribution >= 4 is 17.8 Å². The first-order chi connectivity index (χ1) is 12.2. The van der Waals surface area contributed by atoms with Crippen molar-refractivity contribution in [3.63, 3.8) is 0 Å². The van der Waals surface area contributed by atoms with E-state index in [1.54, 1.807) is 4.90 Å². The van der Waals surface area contributed by atoms with Crippen LogP contribution in [0.1, 0.15) is 39.2 Å². The number of urea groups is 1. The monoisotopic (exact) mass is 367 g/mol. The van der Waals surface area contributed by atoms with Gasteiger partial charge < -0.3 is 10.2 Å². The zero-order chi connectivity index (χ0) is 19.5. The maximum atomic E-state index is 14.1. The van der Waals surface area contributed by atoms with Gasteiger partial charge >= 0.3 is 6.03 Å². The number of nitrogens with zero attached hydrogens (tertiary/aromatic N) is 2. The Morgan fingerprint density at radius 3 is 2.58 bits per heavy atom. The minimum atomic E-state index is -1.76. The molecule has 1 heterocycles. The van der Waals surface area contributed by atoms with Crippen LogP contribution >= 0.6 is 0 Å². The average Bonchev–Trinajstić information content (AvgIpc) is 2.81. The Hall–Kier alpha value is -2.51. The van der Waals surface area contributed by atoms with E-state index >= 15 is 0 Å². The molecule has 1 atom stereocenters. The molecule has 2 rings (SSSR count). The number of nitrogens with one attached hydrogen (secondary N) is 1. The molecule has 0 unspecified atom stereocenters. The molecule has 1 aliphatic rings. The van der Waals surface area contributed by atoms with Crippen molar-refractivity contribution in [2.24, 2.45) is 0 Å². The van der Waals surface area contributed by atoms with E-state index < -0.39 is 35.7 Å². The molecule has 1 aliphatic heterocycles. The van der Waals surface area contributed by atoms with Gasteiger partial charge in [0, 0.05) is 18.7 Å². The molecule has 1 aromatic rings. The summed E-state index contributed by atoms with van der Waals surface area (Å²) in [5.74, 6) is -2.69. The lowest BCUT2D eigenvalue weighted by atomic mass is 9.91. The van der Waals surface area contributed by atoms with Crippen molar-refractivity contribution in [2.45, 2.75) is 39.2 Å². The van der Waals surface area contributed by atoms with Gasteiger partial charge in [-0.05, 0) is 38.5 Å². The molecule has 26 heavy (non-hydrogen) atoms. The zero-order valence-corrected chi connectivity index (χ0v) is 15.1. The predicted octanol–water partition coefficient (Wildman–Crippen LogP) is 2.38. The maximum Gasteiger partial charge on any atom is 0.325 e. The summed E-state index contributed by atoms with van der Waals surface area (Å²) in [5.41, 5.74) is -2.03. The van der Waals surface area contributed by atoms with Crippen molar-refractivity contribution in [1.29, 1.82) is 0 Å². The van der Waals surface area contributed by atoms with E-state index in [0.29, 0.717) is 13.1 Å². The Balaban J connectivity index is 2.23. The molecule has 4 amide bonds. The fraction of sp³-hybridized carbons (Fsp3) is 0.500. The van der Waals surface area contributed by atoms with Gasteiger partial charge in [-0.25, -0.2) is 13.6 Å². The van der Waals surface area contributed by atoms with Crippen LogP contribution in [0.5, 0.6) is 0 Å². The molecule has 0 bridgehead atoms. The summed E-state index contributed by atoms with van der Waals surface area (Å²) in [6.07, 6.45) is 1.72. The third-order valence-electron chi connectivity index (χ3n) is 4.55. The highest BCUT2D eigenvalue weighted by Crippen LogP contribution is 2.31. The number of hydrogen-bond donors (Lipinski definition) is 1. The number of hydrogen-bond acceptors (Lipinski definition) is 3. The Labute approximate surface area is 151 Å². The summed E-state index contributed by atoms with van der Waals surface area (Å²) in [6, 6.07) is 1.89. The number of benzene rings is 1. The van der Waals surface area contributed by atoms with Gasteiger partial charge in [-0.15, -0.1) is 0 Å². The van der Waals surface area contributed by atoms with Crippen molar-refractivity contribution < 1.29 is 23.2 Å². The number of amides is 4. The summed E-state index contributed by atoms with van der Waals surface area (Å²) >= 11 is 0. The topological polar surface area (TPSA) is 69.7 Å². The van der Waals surface area contributed by atoms with Gasteiger partial charge in [0.1, 0.15) is 23.7 Å². The van der Waals surface area contributed by atoms with E-state index in [9.17, 15) is 23.2 Å². The van der Waals surface area contributed by atoms with E-state index in [1.165, 1.54) is 6.92 Å². The summed E-state index contributed by atoms with van der Waals surface area (Å²) in [7, 11) is 0. The second-order valence-corrected chi connectivity index (χ2v) is 6.40. The van der Waals surface area contributed by atoms with Crippen LogP contribution in [0.3, 0.4) is 0 Å². The SMILES string of the molecule is CCCCN(CC)C(=O)CN1C(=O)N[C@@](C)(c2cc(F)ccc2F)C1=O. The fourth-order valence-corrected chi connectivity index (χ4v) is 2.95. The summed E-state index contributed by atoms with van der Waals surface area (Å²) < 4.78 is 27.6. The zero-order valence-electron chi connectivity index (χ0n) is 15.1. The number of unbranched alkanes of at least 4 members (excludes halogenated alkanes) is 1. The van der Waals surface area contributed by atoms with Crippen LogP contribution in [0, 0.1) is 11.6 Å². The van der Waals surface area contributed by atoms with Crippen LogP contribution in [0.25, 0.3) is 0 Å². The Morgan fingerprint density at radius 2 is 1.96 bits per heavy atom. The van der Waals surface area contributed by atoms with Gasteiger partial charge in [-0.3, -0.25) is 14.5 Å². The van der Waals surface area contributed by atoms with Crippen molar-refractivity contribution in [3.8, 4) is 0 Å². The minimum Gasteiger partial charge on any atom is -0.341 e. The van der Waals surface area contributed by atoms with Crippen molar-refractivity contribution in [1.82, 2.24) is 15.1 Å². The maximum absolute atomic E-state index is 14.1. The van der Waals surface area contributed by atoms with Gasteiger partial charge in [0.15, 0.2) is 0 Å². The molecule has 6 nitrogen and oxygen atoms in total. The van der Waals surface area contributed by atoms with Crippen molar-refractivity contribution in [2.75, 3.05) is 19.6 Å². The molecule has 1 aromatic carbocycles. The highest BCUT2D eigenvalue weighted by Gasteiger charge is 2.51. The second-order valence-electron chi connectivity index (χ2n) is 6.40. The summed E-state index contributed by atoms with van der Waals surface area (Å²) in [6.45, 7) is 5.66. The number of carbonyl (C=O) groups excluding carboxylic acids is 3. The molecule has 1 fully saturated rings. The largest absolute Gasteiger partial charge is 0.341 e. The van der Waals surface area contributed by atoms with Gasteiger partial charge in [0.05, 0.1) is 0 Å². The Morgan fingerprint density at radius 1 is 1.27 bits per heavy atom. The van der Waals surface area contributed by atoms with Crippen LogP contribution in [-0.2, 0) is 15.1 Å². The average molecular weight is 367 g/mol. The molecule has 0 saturated carbocycles. The molecule has 142 valence electrons. The molecule has 0 aliphatic carbocycles. The smallest absolute Gasteiger partial charge is 0.325 e. The first kappa shape index (κ1) is 19.8. The summed E-state index contributed by atoms with van der Waals surface area (Å²) in [5, 5.41) is 2.38. The van der Waals surface area contributed by atoms with Crippen molar-refractivity contribution in [3.05, 3.63) is 35.4 Å². The molecule has 0 aromatic heterocycles. The third kappa shape index (κ3) is 3.68. The van der Waals surface area contributed by atoms with E-state index in [4.69, 9.17) is 0 Å². The van der Waals surface area contributed by atoms with Gasteiger partial charge in [-0.1, -0.05) is 13.3 Å². The molecular weight excluding hydrogens is 344 g/mol. The number of carbonyl (C=O) groups is 3. The lowest BCUT2D eigenvalue weighted by Gasteiger charge is -2.24. The third-order valence-corrected chi connectivity index (χ3v) is 4.55. The van der Waals surface area contributed by atoms with E-state index in [0.717, 1.165) is 35.9 Å². The minimum absolute atomic E-state index is 0.274. The number of rotatable bonds is 7. The van der Waals surface area contributed by atoms with E-state index in [-0.39, 0.29) is 11.5 Å². The lowest BCUT2D eigenvalue weighted by molar-refractivity contribution is -0.138. The van der Waals surface area contributed by atoms with Gasteiger partial charge in [0.2, 0.25) is 5.91 Å². The summed E-state index contributed by atoms with van der Waals surface area (Å²) in [4.78, 5) is 39.7. The molecular formula is C18H23F2N3O3. The van der Waals surface area contributed by atoms with Crippen LogP contribution in [-0.4, -0.2) is 47.3 Å². The molecule has 0 spiro atoms. The molecule has 1 N–H and O–H groups in total. The quantitative estimate of drug-likeness (QED) is 0.753. The first-order valence-electron chi connectivity index (χ1n) is 8.62. The predicted molar refractivity (Wildman–Crippen MR) is 91.1 cm³/mol. The van der Waals surface area contributed by atoms with Gasteiger partial charge in [0.25, 0.3) is 5.91 Å². The molecule has 8 heteroatoms. The fourth-order valence-electron chi connectivity index (χ4n) is 2.95. The highest BCUT2D eigenvalue weighted by molar-refractivity contribution is 6.09. The van der Waals surface area contributed by atoms with Gasteiger partial charge in [-0.2, -0.15) is 0 Å². The van der Waals surface area contributed by atoms with Crippen LogP contribution in [0.15, 0.2) is 18.2 Å². The normalized spacial score (nSPS) is 19.7. The number of likely N-dealkylation sites (N-methyl/N-ethyl adjacent to an activating group) is 1. The molecule has 1 saturated heterocycles. The number of imide groups is 1. The Bertz CT molecular complexity index is 726. The van der Waals surface area contributed by atoms with Crippen LogP contribution in [0.4, 0.5) is 13.6 Å². The van der Waals surface area contributed by atoms with Crippen LogP contribution < -0.4 is 5.32 Å². The highest BCUT2D eigenvalue weighted by atomic mass is 19.1. The second kappa shape index (κ2) is 7.80. The standard InChI is InChI=1S/C18H23F2N3O3/c1-4-6-9-22(5-2)15(24)11-23-16(25)18(3,21-17(23)26)13-10-12(19)7-8-14(13)20/h7-8,10H,4-6,9,11H2,1-3H3,(H,21,26)/t18-/m0/s1. The van der Waals surface area contributed by atoms with E-state index in [1.807, 2.05) is 13.8 Å². The number of halogens is 2. The van der Waals surface area contributed by atoms with Crippen LogP contribution in [0.2, 0.25) is 0 Å². The van der Waals surface area contributed by atoms with E-state index in [2.05, 4.69) is 5.32 Å². The Kier molecular flexibility index (Phi) is 5.94. The first-order valence-corrected chi connectivity index (χ1v) is 8.62. The lowest BCUT2D eigenvalue weighted by Crippen LogP contribution is -2.45.